The average Bonchev–Trinajstić information content (AvgIpc) is 3.64. The molecule has 0 aromatic heterocycles. The van der Waals surface area contributed by atoms with Crippen molar-refractivity contribution >= 4 is 23.3 Å². The van der Waals surface area contributed by atoms with Gasteiger partial charge in [-0.05, 0) is 93.4 Å². The lowest BCUT2D eigenvalue weighted by molar-refractivity contribution is -0.394. The molecule has 1 heterocycles. The molecule has 262 valence electrons. The number of esters is 2. The number of epoxide rings is 1. The minimum Gasteiger partial charge on any atom is -0.462 e. The SMILES string of the molecule is CC(=O)O[C@H]1CC[C@@]2(C)C(=CC[C@@H]3[C@@H]2CC[C@@]2(C)[C@H]3C[C@H](OC(=O)c3ccc([N+](=O)[O-])cc3[N+](=O)[O-])[C@]2(O)[C@@]2(C)O[C@@H]2CCC(C)C)C1. The molecule has 48 heavy (non-hydrogen) atoms. The smallest absolute Gasteiger partial charge is 0.345 e. The predicted molar refractivity (Wildman–Crippen MR) is 174 cm³/mol. The summed E-state index contributed by atoms with van der Waals surface area (Å²) in [7, 11) is 0. The Balaban J connectivity index is 1.35. The fourth-order valence-corrected chi connectivity index (χ4v) is 10.5. The lowest BCUT2D eigenvalue weighted by atomic mass is 9.46. The van der Waals surface area contributed by atoms with E-state index in [0.717, 1.165) is 63.1 Å². The maximum atomic E-state index is 13.8. The Bertz CT molecular complexity index is 1560. The molecule has 0 bridgehead atoms. The van der Waals surface area contributed by atoms with Gasteiger partial charge in [-0.3, -0.25) is 25.0 Å². The van der Waals surface area contributed by atoms with E-state index in [4.69, 9.17) is 14.2 Å². The minimum absolute atomic E-state index is 0.0292. The van der Waals surface area contributed by atoms with Gasteiger partial charge in [0.25, 0.3) is 11.4 Å². The number of non-ortho nitro benzene ring substituents is 1. The number of fused-ring (bicyclic) bond motifs is 5. The first-order chi connectivity index (χ1) is 22.5. The molecule has 0 amide bonds. The quantitative estimate of drug-likeness (QED) is 0.0963. The van der Waals surface area contributed by atoms with Gasteiger partial charge < -0.3 is 19.3 Å². The first-order valence-electron chi connectivity index (χ1n) is 17.4. The van der Waals surface area contributed by atoms with Crippen LogP contribution < -0.4 is 0 Å². The summed E-state index contributed by atoms with van der Waals surface area (Å²) < 4.78 is 18.1. The number of nitro groups is 2. The molecular formula is C36H48N2O10. The number of hydrogen-bond donors (Lipinski definition) is 1. The van der Waals surface area contributed by atoms with E-state index >= 15 is 0 Å². The van der Waals surface area contributed by atoms with E-state index in [-0.39, 0.29) is 35.4 Å². The molecule has 1 aliphatic heterocycles. The molecule has 5 aliphatic rings. The van der Waals surface area contributed by atoms with Gasteiger partial charge in [-0.25, -0.2) is 4.79 Å². The Hall–Kier alpha value is -3.38. The summed E-state index contributed by atoms with van der Waals surface area (Å²) in [5.74, 6) is -0.330. The summed E-state index contributed by atoms with van der Waals surface area (Å²) in [5, 5.41) is 36.4. The van der Waals surface area contributed by atoms with Crippen LogP contribution in [0.4, 0.5) is 11.4 Å². The molecule has 12 nitrogen and oxygen atoms in total. The van der Waals surface area contributed by atoms with Gasteiger partial charge in [0.1, 0.15) is 29.0 Å². The molecular weight excluding hydrogens is 620 g/mol. The third-order valence-corrected chi connectivity index (χ3v) is 13.2. The highest BCUT2D eigenvalue weighted by Gasteiger charge is 2.80. The number of carbonyl (C=O) groups is 2. The summed E-state index contributed by atoms with van der Waals surface area (Å²) in [6.45, 7) is 12.0. The fraction of sp³-hybridized carbons (Fsp3) is 0.722. The Labute approximate surface area is 280 Å². The van der Waals surface area contributed by atoms with Gasteiger partial charge in [-0.15, -0.1) is 0 Å². The summed E-state index contributed by atoms with van der Waals surface area (Å²) >= 11 is 0. The van der Waals surface area contributed by atoms with Crippen LogP contribution >= 0.6 is 0 Å². The topological polar surface area (TPSA) is 172 Å². The van der Waals surface area contributed by atoms with Crippen molar-refractivity contribution in [2.75, 3.05) is 0 Å². The first-order valence-corrected chi connectivity index (χ1v) is 17.4. The lowest BCUT2D eigenvalue weighted by Crippen LogP contribution is -2.64. The monoisotopic (exact) mass is 668 g/mol. The van der Waals surface area contributed by atoms with Crippen molar-refractivity contribution < 1.29 is 38.8 Å². The molecule has 1 aromatic rings. The molecule has 4 aliphatic carbocycles. The Morgan fingerprint density at radius 3 is 2.44 bits per heavy atom. The molecule has 4 fully saturated rings. The van der Waals surface area contributed by atoms with Crippen LogP contribution in [0.5, 0.6) is 0 Å². The summed E-state index contributed by atoms with van der Waals surface area (Å²) in [6, 6.07) is 2.87. The average molecular weight is 669 g/mol. The highest BCUT2D eigenvalue weighted by Crippen LogP contribution is 2.72. The lowest BCUT2D eigenvalue weighted by Gasteiger charge is -2.59. The van der Waals surface area contributed by atoms with Crippen LogP contribution in [-0.2, 0) is 19.0 Å². The molecule has 0 unspecified atom stereocenters. The Morgan fingerprint density at radius 2 is 1.79 bits per heavy atom. The van der Waals surface area contributed by atoms with Crippen LogP contribution in [0.3, 0.4) is 0 Å². The van der Waals surface area contributed by atoms with Gasteiger partial charge in [0.05, 0.1) is 22.0 Å². The fourth-order valence-electron chi connectivity index (χ4n) is 10.5. The Kier molecular flexibility index (Phi) is 8.54. The van der Waals surface area contributed by atoms with Crippen molar-refractivity contribution in [2.24, 2.45) is 34.5 Å². The second-order valence-electron chi connectivity index (χ2n) is 16.0. The number of nitro benzene ring substituents is 2. The van der Waals surface area contributed by atoms with Gasteiger partial charge >= 0.3 is 11.9 Å². The number of aliphatic hydroxyl groups is 1. The van der Waals surface area contributed by atoms with Crippen LogP contribution in [-0.4, -0.2) is 56.4 Å². The van der Waals surface area contributed by atoms with E-state index in [0.29, 0.717) is 24.7 Å². The van der Waals surface area contributed by atoms with Crippen molar-refractivity contribution in [2.45, 2.75) is 129 Å². The molecule has 12 heteroatoms. The molecule has 3 saturated carbocycles. The van der Waals surface area contributed by atoms with Gasteiger partial charge in [0.15, 0.2) is 0 Å². The number of rotatable bonds is 9. The molecule has 1 saturated heterocycles. The molecule has 10 atom stereocenters. The van der Waals surface area contributed by atoms with Crippen LogP contribution in [0.15, 0.2) is 29.8 Å². The summed E-state index contributed by atoms with van der Waals surface area (Å²) in [5.41, 5.74) is -3.63. The number of allylic oxidation sites excluding steroid dienone is 1. The second-order valence-corrected chi connectivity index (χ2v) is 16.0. The van der Waals surface area contributed by atoms with Gasteiger partial charge in [0.2, 0.25) is 0 Å². The molecule has 1 N–H and O–H groups in total. The number of benzene rings is 1. The predicted octanol–water partition coefficient (Wildman–Crippen LogP) is 6.86. The highest BCUT2D eigenvalue weighted by atomic mass is 16.6. The van der Waals surface area contributed by atoms with E-state index in [1.807, 2.05) is 6.92 Å². The largest absolute Gasteiger partial charge is 0.462 e. The molecule has 6 rings (SSSR count). The molecule has 0 spiro atoms. The van der Waals surface area contributed by atoms with E-state index < -0.39 is 55.5 Å². The number of hydrogen-bond acceptors (Lipinski definition) is 10. The molecule has 0 radical (unpaired) electrons. The van der Waals surface area contributed by atoms with Crippen LogP contribution in [0.25, 0.3) is 0 Å². The van der Waals surface area contributed by atoms with Crippen LogP contribution in [0, 0.1) is 54.7 Å². The normalized spacial score (nSPS) is 39.8. The van der Waals surface area contributed by atoms with Gasteiger partial charge in [-0.2, -0.15) is 0 Å². The van der Waals surface area contributed by atoms with E-state index in [1.165, 1.54) is 12.5 Å². The third kappa shape index (κ3) is 5.25. The maximum Gasteiger partial charge on any atom is 0.345 e. The molecule has 1 aromatic carbocycles. The number of nitrogens with zero attached hydrogens (tertiary/aromatic N) is 2. The zero-order chi connectivity index (χ0) is 35.0. The third-order valence-electron chi connectivity index (χ3n) is 13.2. The number of carbonyl (C=O) groups excluding carboxylic acids is 2. The summed E-state index contributed by atoms with van der Waals surface area (Å²) in [4.78, 5) is 47.1. The van der Waals surface area contributed by atoms with E-state index in [1.54, 1.807) is 0 Å². The Morgan fingerprint density at radius 1 is 1.06 bits per heavy atom. The van der Waals surface area contributed by atoms with Crippen molar-refractivity contribution in [3.05, 3.63) is 55.6 Å². The van der Waals surface area contributed by atoms with Crippen LogP contribution in [0.1, 0.15) is 110 Å². The minimum atomic E-state index is -1.58. The second kappa shape index (κ2) is 11.9. The van der Waals surface area contributed by atoms with Crippen LogP contribution in [0.2, 0.25) is 0 Å². The zero-order valence-electron chi connectivity index (χ0n) is 28.7. The first kappa shape index (κ1) is 34.5. The highest BCUT2D eigenvalue weighted by molar-refractivity contribution is 5.94. The van der Waals surface area contributed by atoms with Crippen molar-refractivity contribution in [1.29, 1.82) is 0 Å². The maximum absolute atomic E-state index is 13.8. The van der Waals surface area contributed by atoms with E-state index in [2.05, 4.69) is 33.8 Å². The zero-order valence-corrected chi connectivity index (χ0v) is 28.7. The van der Waals surface area contributed by atoms with Crippen molar-refractivity contribution in [3.63, 3.8) is 0 Å². The van der Waals surface area contributed by atoms with E-state index in [9.17, 15) is 34.9 Å². The van der Waals surface area contributed by atoms with Gasteiger partial charge in [-0.1, -0.05) is 39.3 Å². The standard InChI is InChI=1S/C36H48N2O10/c1-20(2)7-12-30-35(6,48-30)36(41)31(47-32(40)26-11-9-23(37(42)43)18-29(26)38(44)45)19-28-25-10-8-22-17-24(46-21(3)39)13-15-33(22,4)27(25)14-16-34(28,36)5/h8-9,11,18,20,24-25,27-28,30-31,41H,7,10,12-17,19H2,1-6H3/t24-,25+,27-,28-,30+,31-,33-,34-,35-,36+/m0/s1. The number of ether oxygens (including phenoxy) is 3. The van der Waals surface area contributed by atoms with Crippen molar-refractivity contribution in [3.8, 4) is 0 Å². The summed E-state index contributed by atoms with van der Waals surface area (Å²) in [6.07, 6.45) is 7.71. The van der Waals surface area contributed by atoms with Crippen molar-refractivity contribution in [1.82, 2.24) is 0 Å². The van der Waals surface area contributed by atoms with Gasteiger partial charge in [0, 0.05) is 24.8 Å².